The summed E-state index contributed by atoms with van der Waals surface area (Å²) in [5, 5.41) is 3.12. The van der Waals surface area contributed by atoms with Crippen molar-refractivity contribution in [2.24, 2.45) is 0 Å². The molecule has 0 radical (unpaired) electrons. The first-order chi connectivity index (χ1) is 7.86. The van der Waals surface area contributed by atoms with Crippen LogP contribution in [-0.4, -0.2) is 52.7 Å². The predicted octanol–water partition coefficient (Wildman–Crippen LogP) is -1.16. The van der Waals surface area contributed by atoms with Gasteiger partial charge in [-0.15, -0.1) is 0 Å². The standard InChI is InChI=1S/C9H18N2O4S2/c12-16(13)5-3-9(7-16)11-17(14,15)6-4-10-8-1-2-8/h8-11H,1-7H2. The zero-order valence-electron chi connectivity index (χ0n) is 9.55. The number of hydrogen-bond donors (Lipinski definition) is 2. The first kappa shape index (κ1) is 13.3. The smallest absolute Gasteiger partial charge is 0.213 e. The molecule has 1 unspecified atom stereocenters. The van der Waals surface area contributed by atoms with Crippen molar-refractivity contribution in [1.82, 2.24) is 10.0 Å². The molecule has 0 spiro atoms. The summed E-state index contributed by atoms with van der Waals surface area (Å²) in [5.74, 6) is 0.0306. The Kier molecular flexibility index (Phi) is 3.77. The third-order valence-electron chi connectivity index (χ3n) is 2.96. The maximum absolute atomic E-state index is 11.7. The van der Waals surface area contributed by atoms with E-state index in [1.807, 2.05) is 0 Å². The minimum atomic E-state index is -3.36. The van der Waals surface area contributed by atoms with Crippen LogP contribution < -0.4 is 10.0 Å². The molecule has 1 aliphatic heterocycles. The third-order valence-corrected chi connectivity index (χ3v) is 6.16. The highest BCUT2D eigenvalue weighted by Crippen LogP contribution is 2.18. The normalized spacial score (nSPS) is 28.4. The summed E-state index contributed by atoms with van der Waals surface area (Å²) >= 11 is 0. The van der Waals surface area contributed by atoms with Gasteiger partial charge in [-0.2, -0.15) is 0 Å². The Morgan fingerprint density at radius 2 is 1.82 bits per heavy atom. The molecule has 100 valence electrons. The van der Waals surface area contributed by atoms with E-state index < -0.39 is 25.9 Å². The Labute approximate surface area is 102 Å². The minimum Gasteiger partial charge on any atom is -0.313 e. The van der Waals surface area contributed by atoms with Gasteiger partial charge in [-0.05, 0) is 19.3 Å². The second-order valence-corrected chi connectivity index (χ2v) is 8.87. The molecule has 1 saturated carbocycles. The molecule has 6 nitrogen and oxygen atoms in total. The predicted molar refractivity (Wildman–Crippen MR) is 65.0 cm³/mol. The number of rotatable bonds is 6. The van der Waals surface area contributed by atoms with Gasteiger partial charge in [-0.3, -0.25) is 0 Å². The van der Waals surface area contributed by atoms with Gasteiger partial charge in [0.1, 0.15) is 0 Å². The van der Waals surface area contributed by atoms with E-state index in [9.17, 15) is 16.8 Å². The van der Waals surface area contributed by atoms with E-state index in [1.165, 1.54) is 0 Å². The molecule has 8 heteroatoms. The molecule has 0 bridgehead atoms. The van der Waals surface area contributed by atoms with Crippen LogP contribution in [0.1, 0.15) is 19.3 Å². The Bertz CT molecular complexity index is 467. The number of nitrogens with one attached hydrogen (secondary N) is 2. The van der Waals surface area contributed by atoms with Crippen molar-refractivity contribution < 1.29 is 16.8 Å². The van der Waals surface area contributed by atoms with E-state index in [-0.39, 0.29) is 17.3 Å². The van der Waals surface area contributed by atoms with Gasteiger partial charge >= 0.3 is 0 Å². The van der Waals surface area contributed by atoms with E-state index in [0.29, 0.717) is 19.0 Å². The average molecular weight is 282 g/mol. The lowest BCUT2D eigenvalue weighted by atomic mass is 10.3. The Morgan fingerprint density at radius 1 is 1.12 bits per heavy atom. The fourth-order valence-electron chi connectivity index (χ4n) is 1.89. The van der Waals surface area contributed by atoms with Gasteiger partial charge < -0.3 is 5.32 Å². The SMILES string of the molecule is O=S1(=O)CCC(NS(=O)(=O)CCNC2CC2)C1. The van der Waals surface area contributed by atoms with E-state index >= 15 is 0 Å². The second-order valence-electron chi connectivity index (χ2n) is 4.77. The number of sulfone groups is 1. The molecule has 1 heterocycles. The summed E-state index contributed by atoms with van der Waals surface area (Å²) < 4.78 is 48.1. The summed E-state index contributed by atoms with van der Waals surface area (Å²) in [6.45, 7) is 0.430. The molecule has 1 aliphatic carbocycles. The van der Waals surface area contributed by atoms with Crippen LogP contribution in [0.3, 0.4) is 0 Å². The Balaban J connectivity index is 1.76. The molecule has 0 aromatic carbocycles. The molecule has 0 amide bonds. The summed E-state index contributed by atoms with van der Waals surface area (Å²) in [4.78, 5) is 0. The van der Waals surface area contributed by atoms with Crippen molar-refractivity contribution in [3.8, 4) is 0 Å². The zero-order chi connectivity index (χ0) is 12.5. The van der Waals surface area contributed by atoms with Crippen LogP contribution in [0.4, 0.5) is 0 Å². The highest BCUT2D eigenvalue weighted by Gasteiger charge is 2.30. The molecule has 0 aromatic heterocycles. The monoisotopic (exact) mass is 282 g/mol. The van der Waals surface area contributed by atoms with E-state index in [0.717, 1.165) is 12.8 Å². The quantitative estimate of drug-likeness (QED) is 0.641. The third kappa shape index (κ3) is 4.53. The van der Waals surface area contributed by atoms with Crippen LogP contribution >= 0.6 is 0 Å². The molecule has 1 saturated heterocycles. The number of hydrogen-bond acceptors (Lipinski definition) is 5. The molecule has 2 N–H and O–H groups in total. The lowest BCUT2D eigenvalue weighted by molar-refractivity contribution is 0.558. The van der Waals surface area contributed by atoms with Gasteiger partial charge in [0.05, 0.1) is 17.3 Å². The van der Waals surface area contributed by atoms with Crippen molar-refractivity contribution in [3.05, 3.63) is 0 Å². The highest BCUT2D eigenvalue weighted by molar-refractivity contribution is 7.92. The molecule has 2 fully saturated rings. The summed E-state index contributed by atoms with van der Waals surface area (Å²) in [5.41, 5.74) is 0. The van der Waals surface area contributed by atoms with Crippen LogP contribution in [0.2, 0.25) is 0 Å². The van der Waals surface area contributed by atoms with Gasteiger partial charge in [-0.1, -0.05) is 0 Å². The van der Waals surface area contributed by atoms with Crippen molar-refractivity contribution in [2.75, 3.05) is 23.8 Å². The molecule has 2 aliphatic rings. The first-order valence-electron chi connectivity index (χ1n) is 5.80. The second kappa shape index (κ2) is 4.83. The number of sulfonamides is 1. The van der Waals surface area contributed by atoms with Gasteiger partial charge in [0.25, 0.3) is 0 Å². The summed E-state index contributed by atoms with van der Waals surface area (Å²) in [6.07, 6.45) is 2.63. The lowest BCUT2D eigenvalue weighted by Gasteiger charge is -2.11. The van der Waals surface area contributed by atoms with E-state index in [4.69, 9.17) is 0 Å². The lowest BCUT2D eigenvalue weighted by Crippen LogP contribution is -2.39. The maximum atomic E-state index is 11.7. The largest absolute Gasteiger partial charge is 0.313 e. The average Bonchev–Trinajstić information content (AvgIpc) is 2.91. The fraction of sp³-hybridized carbons (Fsp3) is 1.00. The van der Waals surface area contributed by atoms with Crippen molar-refractivity contribution >= 4 is 19.9 Å². The zero-order valence-corrected chi connectivity index (χ0v) is 11.2. The molecule has 2 rings (SSSR count). The maximum Gasteiger partial charge on any atom is 0.213 e. The fourth-order valence-corrected chi connectivity index (χ4v) is 4.88. The van der Waals surface area contributed by atoms with Crippen LogP contribution in [0.5, 0.6) is 0 Å². The van der Waals surface area contributed by atoms with E-state index in [2.05, 4.69) is 10.0 Å². The summed E-state index contributed by atoms with van der Waals surface area (Å²) in [6, 6.07) is 0.0444. The van der Waals surface area contributed by atoms with Gasteiger partial charge in [-0.25, -0.2) is 21.6 Å². The van der Waals surface area contributed by atoms with Crippen molar-refractivity contribution in [2.45, 2.75) is 31.3 Å². The molecular weight excluding hydrogens is 264 g/mol. The topological polar surface area (TPSA) is 92.3 Å². The Morgan fingerprint density at radius 3 is 2.35 bits per heavy atom. The molecule has 1 atom stereocenters. The Hall–Kier alpha value is -0.180. The molecular formula is C9H18N2O4S2. The highest BCUT2D eigenvalue weighted by atomic mass is 32.2. The van der Waals surface area contributed by atoms with Crippen molar-refractivity contribution in [3.63, 3.8) is 0 Å². The van der Waals surface area contributed by atoms with Crippen LogP contribution in [-0.2, 0) is 19.9 Å². The van der Waals surface area contributed by atoms with Crippen LogP contribution in [0, 0.1) is 0 Å². The van der Waals surface area contributed by atoms with E-state index in [1.54, 1.807) is 0 Å². The minimum absolute atomic E-state index is 0.0139. The molecule has 17 heavy (non-hydrogen) atoms. The van der Waals surface area contributed by atoms with Gasteiger partial charge in [0.15, 0.2) is 9.84 Å². The molecule has 0 aromatic rings. The van der Waals surface area contributed by atoms with Gasteiger partial charge in [0.2, 0.25) is 10.0 Å². The van der Waals surface area contributed by atoms with Crippen LogP contribution in [0.15, 0.2) is 0 Å². The van der Waals surface area contributed by atoms with Crippen molar-refractivity contribution in [1.29, 1.82) is 0 Å². The van der Waals surface area contributed by atoms with Gasteiger partial charge in [0, 0.05) is 18.6 Å². The first-order valence-corrected chi connectivity index (χ1v) is 9.27. The van der Waals surface area contributed by atoms with Crippen LogP contribution in [0.25, 0.3) is 0 Å². The summed E-state index contributed by atoms with van der Waals surface area (Å²) in [7, 11) is -6.39.